The molecule has 1 heterocycles. The van der Waals surface area contributed by atoms with Gasteiger partial charge in [-0.25, -0.2) is 4.98 Å². The number of rotatable bonds is 6. The fourth-order valence-corrected chi connectivity index (χ4v) is 1.15. The van der Waals surface area contributed by atoms with Gasteiger partial charge in [0, 0.05) is 32.5 Å². The molecule has 0 saturated heterocycles. The third kappa shape index (κ3) is 4.22. The van der Waals surface area contributed by atoms with E-state index >= 15 is 0 Å². The van der Waals surface area contributed by atoms with Crippen LogP contribution in [0.3, 0.4) is 0 Å². The van der Waals surface area contributed by atoms with Crippen molar-refractivity contribution in [1.82, 2.24) is 14.9 Å². The van der Waals surface area contributed by atoms with Crippen molar-refractivity contribution in [1.29, 1.82) is 0 Å². The van der Waals surface area contributed by atoms with Crippen molar-refractivity contribution in [2.24, 2.45) is 0 Å². The zero-order chi connectivity index (χ0) is 11.8. The van der Waals surface area contributed by atoms with Gasteiger partial charge in [0.1, 0.15) is 6.54 Å². The van der Waals surface area contributed by atoms with Crippen molar-refractivity contribution in [3.63, 3.8) is 0 Å². The molecule has 1 aromatic rings. The number of nitrogens with zero attached hydrogens (tertiary/aromatic N) is 2. The van der Waals surface area contributed by atoms with Crippen molar-refractivity contribution < 1.29 is 9.53 Å². The summed E-state index contributed by atoms with van der Waals surface area (Å²) in [5, 5.41) is 2.69. The highest BCUT2D eigenvalue weighted by Crippen LogP contribution is 1.81. The lowest BCUT2D eigenvalue weighted by Gasteiger charge is -2.06. The Kier molecular flexibility index (Phi) is 5.21. The van der Waals surface area contributed by atoms with Crippen LogP contribution in [0.5, 0.6) is 0 Å². The standard InChI is InChI=1S/C10H15N3O3/c1-16-6-2-4-12-9(14)7-13-8-11-5-3-10(13)15/h3,5,8H,2,4,6-7H2,1H3,(H,12,14). The molecule has 0 aliphatic rings. The highest BCUT2D eigenvalue weighted by molar-refractivity contribution is 5.75. The molecule has 0 unspecified atom stereocenters. The smallest absolute Gasteiger partial charge is 0.253 e. The van der Waals surface area contributed by atoms with Gasteiger partial charge in [0.2, 0.25) is 5.91 Å². The largest absolute Gasteiger partial charge is 0.385 e. The SMILES string of the molecule is COCCCNC(=O)Cn1cnccc1=O. The van der Waals surface area contributed by atoms with E-state index in [0.29, 0.717) is 13.2 Å². The van der Waals surface area contributed by atoms with E-state index in [1.165, 1.54) is 23.2 Å². The second kappa shape index (κ2) is 6.73. The number of hydrogen-bond donors (Lipinski definition) is 1. The Labute approximate surface area is 93.3 Å². The summed E-state index contributed by atoms with van der Waals surface area (Å²) in [7, 11) is 1.61. The minimum absolute atomic E-state index is 0.000342. The zero-order valence-electron chi connectivity index (χ0n) is 9.18. The summed E-state index contributed by atoms with van der Waals surface area (Å²) in [6.07, 6.45) is 3.50. The molecule has 6 nitrogen and oxygen atoms in total. The number of carbonyl (C=O) groups excluding carboxylic acids is 1. The molecule has 6 heteroatoms. The third-order valence-electron chi connectivity index (χ3n) is 1.95. The summed E-state index contributed by atoms with van der Waals surface area (Å²) in [5.74, 6) is -0.203. The van der Waals surface area contributed by atoms with Crippen LogP contribution < -0.4 is 10.9 Å². The van der Waals surface area contributed by atoms with Gasteiger partial charge in [-0.15, -0.1) is 0 Å². The fourth-order valence-electron chi connectivity index (χ4n) is 1.15. The van der Waals surface area contributed by atoms with Crippen molar-refractivity contribution in [2.75, 3.05) is 20.3 Å². The molecule has 88 valence electrons. The molecule has 16 heavy (non-hydrogen) atoms. The van der Waals surface area contributed by atoms with Crippen LogP contribution in [0.15, 0.2) is 23.4 Å². The minimum atomic E-state index is -0.234. The van der Waals surface area contributed by atoms with Crippen LogP contribution in [-0.2, 0) is 16.1 Å². The third-order valence-corrected chi connectivity index (χ3v) is 1.95. The van der Waals surface area contributed by atoms with Crippen LogP contribution in [0, 0.1) is 0 Å². The van der Waals surface area contributed by atoms with Crippen molar-refractivity contribution >= 4 is 5.91 Å². The lowest BCUT2D eigenvalue weighted by atomic mass is 10.4. The molecule has 0 radical (unpaired) electrons. The maximum atomic E-state index is 11.4. The first-order chi connectivity index (χ1) is 7.74. The Bertz CT molecular complexity index is 389. The normalized spacial score (nSPS) is 10.1. The second-order valence-corrected chi connectivity index (χ2v) is 3.24. The van der Waals surface area contributed by atoms with Gasteiger partial charge in [0.25, 0.3) is 5.56 Å². The van der Waals surface area contributed by atoms with Gasteiger partial charge in [-0.3, -0.25) is 14.2 Å². The maximum absolute atomic E-state index is 11.4. The molecule has 0 bridgehead atoms. The summed E-state index contributed by atoms with van der Waals surface area (Å²) < 4.78 is 6.10. The van der Waals surface area contributed by atoms with E-state index in [1.54, 1.807) is 7.11 Å². The Balaban J connectivity index is 2.35. The average Bonchev–Trinajstić information content (AvgIpc) is 2.28. The summed E-state index contributed by atoms with van der Waals surface area (Å²) >= 11 is 0. The molecule has 1 N–H and O–H groups in total. The van der Waals surface area contributed by atoms with E-state index in [9.17, 15) is 9.59 Å². The summed E-state index contributed by atoms with van der Waals surface area (Å²) in [5.41, 5.74) is -0.234. The Morgan fingerprint density at radius 1 is 1.62 bits per heavy atom. The number of aromatic nitrogens is 2. The first-order valence-electron chi connectivity index (χ1n) is 5.00. The Morgan fingerprint density at radius 3 is 3.12 bits per heavy atom. The summed E-state index contributed by atoms with van der Waals surface area (Å²) in [6.45, 7) is 1.15. The van der Waals surface area contributed by atoms with Crippen molar-refractivity contribution in [3.8, 4) is 0 Å². The molecule has 0 fully saturated rings. The molecule has 0 saturated carbocycles. The van der Waals surface area contributed by atoms with Gasteiger partial charge in [-0.2, -0.15) is 0 Å². The van der Waals surface area contributed by atoms with Gasteiger partial charge in [-0.05, 0) is 6.42 Å². The lowest BCUT2D eigenvalue weighted by molar-refractivity contribution is -0.121. The molecule has 0 aliphatic heterocycles. The molecule has 0 aromatic carbocycles. The molecular weight excluding hydrogens is 210 g/mol. The molecule has 0 atom stereocenters. The molecule has 1 rings (SSSR count). The number of carbonyl (C=O) groups is 1. The quantitative estimate of drug-likeness (QED) is 0.656. The van der Waals surface area contributed by atoms with Gasteiger partial charge >= 0.3 is 0 Å². The molecular formula is C10H15N3O3. The highest BCUT2D eigenvalue weighted by Gasteiger charge is 2.02. The van der Waals surface area contributed by atoms with Gasteiger partial charge in [-0.1, -0.05) is 0 Å². The number of nitrogens with one attached hydrogen (secondary N) is 1. The minimum Gasteiger partial charge on any atom is -0.385 e. The van der Waals surface area contributed by atoms with E-state index < -0.39 is 0 Å². The second-order valence-electron chi connectivity index (χ2n) is 3.24. The molecule has 0 aliphatic carbocycles. The number of hydrogen-bond acceptors (Lipinski definition) is 4. The molecule has 1 amide bonds. The van der Waals surface area contributed by atoms with E-state index in [1.807, 2.05) is 0 Å². The fraction of sp³-hybridized carbons (Fsp3) is 0.500. The van der Waals surface area contributed by atoms with Crippen molar-refractivity contribution in [2.45, 2.75) is 13.0 Å². The highest BCUT2D eigenvalue weighted by atomic mass is 16.5. The van der Waals surface area contributed by atoms with Crippen LogP contribution in [0.1, 0.15) is 6.42 Å². The van der Waals surface area contributed by atoms with E-state index in [4.69, 9.17) is 4.74 Å². The number of amides is 1. The lowest BCUT2D eigenvalue weighted by Crippen LogP contribution is -2.32. The van der Waals surface area contributed by atoms with Crippen molar-refractivity contribution in [3.05, 3.63) is 28.9 Å². The molecule has 0 spiro atoms. The number of methoxy groups -OCH3 is 1. The van der Waals surface area contributed by atoms with Crippen LogP contribution >= 0.6 is 0 Å². The Morgan fingerprint density at radius 2 is 2.44 bits per heavy atom. The van der Waals surface area contributed by atoms with Gasteiger partial charge < -0.3 is 10.1 Å². The van der Waals surface area contributed by atoms with Crippen LogP contribution in [0.2, 0.25) is 0 Å². The predicted molar refractivity (Wildman–Crippen MR) is 58.0 cm³/mol. The maximum Gasteiger partial charge on any atom is 0.253 e. The predicted octanol–water partition coefficient (Wildman–Crippen LogP) is -0.604. The van der Waals surface area contributed by atoms with E-state index in [2.05, 4.69) is 10.3 Å². The zero-order valence-corrected chi connectivity index (χ0v) is 9.18. The van der Waals surface area contributed by atoms with Gasteiger partial charge in [0.05, 0.1) is 6.33 Å². The Hall–Kier alpha value is -1.69. The van der Waals surface area contributed by atoms with E-state index in [-0.39, 0.29) is 18.0 Å². The van der Waals surface area contributed by atoms with Gasteiger partial charge in [0.15, 0.2) is 0 Å². The number of ether oxygens (including phenoxy) is 1. The van der Waals surface area contributed by atoms with E-state index in [0.717, 1.165) is 6.42 Å². The summed E-state index contributed by atoms with van der Waals surface area (Å²) in [4.78, 5) is 26.4. The topological polar surface area (TPSA) is 73.2 Å². The molecule has 1 aromatic heterocycles. The monoisotopic (exact) mass is 225 g/mol. The summed E-state index contributed by atoms with van der Waals surface area (Å²) in [6, 6.07) is 1.32. The first kappa shape index (κ1) is 12.4. The van der Waals surface area contributed by atoms with Crippen LogP contribution in [0.25, 0.3) is 0 Å². The van der Waals surface area contributed by atoms with Crippen LogP contribution in [-0.4, -0.2) is 35.7 Å². The first-order valence-corrected chi connectivity index (χ1v) is 5.00. The average molecular weight is 225 g/mol. The van der Waals surface area contributed by atoms with Crippen LogP contribution in [0.4, 0.5) is 0 Å².